The van der Waals surface area contributed by atoms with Crippen LogP contribution in [0.4, 0.5) is 0 Å². The number of ether oxygens (including phenoxy) is 1. The number of aryl methyl sites for hydroxylation is 2. The van der Waals surface area contributed by atoms with Crippen molar-refractivity contribution in [2.24, 2.45) is 0 Å². The molecule has 0 aliphatic carbocycles. The zero-order valence-electron chi connectivity index (χ0n) is 15.7. The molecule has 1 aromatic heterocycles. The van der Waals surface area contributed by atoms with Crippen molar-refractivity contribution >= 4 is 5.91 Å². The molecule has 1 aromatic carbocycles. The Kier molecular flexibility index (Phi) is 6.39. The van der Waals surface area contributed by atoms with Crippen molar-refractivity contribution in [3.63, 3.8) is 0 Å². The summed E-state index contributed by atoms with van der Waals surface area (Å²) in [6, 6.07) is 9.89. The lowest BCUT2D eigenvalue weighted by molar-refractivity contribution is -0.117. The SMILES string of the molecule is COc1ccccc1C/C(C)=C/C(=O)N[C@H](C)Cn1nc(C)cc1C. The summed E-state index contributed by atoms with van der Waals surface area (Å²) in [7, 11) is 1.66. The zero-order chi connectivity index (χ0) is 18.4. The third-order valence-corrected chi connectivity index (χ3v) is 3.98. The Labute approximate surface area is 149 Å². The molecule has 1 amide bonds. The molecule has 134 valence electrons. The number of amides is 1. The maximum Gasteiger partial charge on any atom is 0.244 e. The van der Waals surface area contributed by atoms with E-state index < -0.39 is 0 Å². The summed E-state index contributed by atoms with van der Waals surface area (Å²) < 4.78 is 7.28. The maximum absolute atomic E-state index is 12.2. The molecule has 0 aliphatic rings. The largest absolute Gasteiger partial charge is 0.496 e. The summed E-state index contributed by atoms with van der Waals surface area (Å²) in [4.78, 5) is 12.2. The van der Waals surface area contributed by atoms with Gasteiger partial charge >= 0.3 is 0 Å². The number of hydrogen-bond acceptors (Lipinski definition) is 3. The Bertz CT molecular complexity index is 762. The topological polar surface area (TPSA) is 56.1 Å². The van der Waals surface area contributed by atoms with Gasteiger partial charge in [0.15, 0.2) is 0 Å². The first kappa shape index (κ1) is 18.8. The first-order valence-electron chi connectivity index (χ1n) is 8.49. The summed E-state index contributed by atoms with van der Waals surface area (Å²) in [5, 5.41) is 7.43. The lowest BCUT2D eigenvalue weighted by Crippen LogP contribution is -2.35. The summed E-state index contributed by atoms with van der Waals surface area (Å²) in [6.45, 7) is 8.59. The third-order valence-electron chi connectivity index (χ3n) is 3.98. The van der Waals surface area contributed by atoms with Crippen LogP contribution in [0.1, 0.15) is 30.8 Å². The van der Waals surface area contributed by atoms with Crippen LogP contribution < -0.4 is 10.1 Å². The number of rotatable bonds is 7. The number of nitrogens with one attached hydrogen (secondary N) is 1. The molecule has 0 saturated carbocycles. The van der Waals surface area contributed by atoms with Gasteiger partial charge in [-0.3, -0.25) is 9.48 Å². The zero-order valence-corrected chi connectivity index (χ0v) is 15.7. The minimum Gasteiger partial charge on any atom is -0.496 e. The van der Waals surface area contributed by atoms with Gasteiger partial charge < -0.3 is 10.1 Å². The molecule has 0 radical (unpaired) electrons. The predicted octanol–water partition coefficient (Wildman–Crippen LogP) is 3.20. The maximum atomic E-state index is 12.2. The molecular formula is C20H27N3O2. The minimum atomic E-state index is -0.0820. The second kappa shape index (κ2) is 8.51. The lowest BCUT2D eigenvalue weighted by Gasteiger charge is -2.14. The number of nitrogens with zero attached hydrogens (tertiary/aromatic N) is 2. The molecule has 0 unspecified atom stereocenters. The fraction of sp³-hybridized carbons (Fsp3) is 0.400. The number of carbonyl (C=O) groups is 1. The van der Waals surface area contributed by atoms with Crippen LogP contribution >= 0.6 is 0 Å². The molecular weight excluding hydrogens is 314 g/mol. The van der Waals surface area contributed by atoms with Crippen molar-refractivity contribution in [2.75, 3.05) is 7.11 Å². The van der Waals surface area contributed by atoms with Crippen LogP contribution in [0.25, 0.3) is 0 Å². The second-order valence-electron chi connectivity index (χ2n) is 6.50. The fourth-order valence-electron chi connectivity index (χ4n) is 2.87. The van der Waals surface area contributed by atoms with Crippen molar-refractivity contribution < 1.29 is 9.53 Å². The summed E-state index contributed by atoms with van der Waals surface area (Å²) in [5.41, 5.74) is 4.15. The van der Waals surface area contributed by atoms with Gasteiger partial charge in [0, 0.05) is 17.8 Å². The second-order valence-corrected chi connectivity index (χ2v) is 6.50. The van der Waals surface area contributed by atoms with Crippen LogP contribution in [0.2, 0.25) is 0 Å². The third kappa shape index (κ3) is 5.48. The predicted molar refractivity (Wildman–Crippen MR) is 99.8 cm³/mol. The molecule has 5 heteroatoms. The molecule has 1 heterocycles. The smallest absolute Gasteiger partial charge is 0.244 e. The quantitative estimate of drug-likeness (QED) is 0.787. The van der Waals surface area contributed by atoms with Crippen LogP contribution in [-0.2, 0) is 17.8 Å². The molecule has 1 N–H and O–H groups in total. The van der Waals surface area contributed by atoms with E-state index in [0.717, 1.165) is 28.3 Å². The summed E-state index contributed by atoms with van der Waals surface area (Å²) in [6.07, 6.45) is 2.34. The van der Waals surface area contributed by atoms with Crippen molar-refractivity contribution in [2.45, 2.75) is 46.7 Å². The van der Waals surface area contributed by atoms with Gasteiger partial charge in [-0.2, -0.15) is 5.10 Å². The molecule has 5 nitrogen and oxygen atoms in total. The normalized spacial score (nSPS) is 12.8. The van der Waals surface area contributed by atoms with Crippen LogP contribution in [0.15, 0.2) is 42.0 Å². The highest BCUT2D eigenvalue weighted by Crippen LogP contribution is 2.20. The number of methoxy groups -OCH3 is 1. The van der Waals surface area contributed by atoms with E-state index in [2.05, 4.69) is 10.4 Å². The average Bonchev–Trinajstić information content (AvgIpc) is 2.84. The van der Waals surface area contributed by atoms with Crippen molar-refractivity contribution in [1.29, 1.82) is 0 Å². The molecule has 0 fully saturated rings. The van der Waals surface area contributed by atoms with Crippen LogP contribution in [0.5, 0.6) is 5.75 Å². The highest BCUT2D eigenvalue weighted by molar-refractivity contribution is 5.88. The number of para-hydroxylation sites is 1. The van der Waals surface area contributed by atoms with Crippen LogP contribution in [0, 0.1) is 13.8 Å². The number of benzene rings is 1. The Morgan fingerprint density at radius 1 is 1.36 bits per heavy atom. The van der Waals surface area contributed by atoms with Crippen molar-refractivity contribution in [1.82, 2.24) is 15.1 Å². The average molecular weight is 341 g/mol. The van der Waals surface area contributed by atoms with Gasteiger partial charge in [-0.1, -0.05) is 23.8 Å². The van der Waals surface area contributed by atoms with Gasteiger partial charge in [0.05, 0.1) is 19.3 Å². The van der Waals surface area contributed by atoms with Gasteiger partial charge in [-0.05, 0) is 51.8 Å². The minimum absolute atomic E-state index is 0.000751. The Hall–Kier alpha value is -2.56. The molecule has 2 rings (SSSR count). The van der Waals surface area contributed by atoms with Gasteiger partial charge in [0.2, 0.25) is 5.91 Å². The van der Waals surface area contributed by atoms with E-state index in [0.29, 0.717) is 13.0 Å². The van der Waals surface area contributed by atoms with Gasteiger partial charge in [0.1, 0.15) is 5.75 Å². The van der Waals surface area contributed by atoms with E-state index >= 15 is 0 Å². The highest BCUT2D eigenvalue weighted by atomic mass is 16.5. The number of allylic oxidation sites excluding steroid dienone is 1. The molecule has 0 spiro atoms. The van der Waals surface area contributed by atoms with Crippen molar-refractivity contribution in [3.05, 3.63) is 58.9 Å². The van der Waals surface area contributed by atoms with E-state index in [1.54, 1.807) is 13.2 Å². The van der Waals surface area contributed by atoms with E-state index in [9.17, 15) is 4.79 Å². The van der Waals surface area contributed by atoms with Crippen LogP contribution in [-0.4, -0.2) is 28.8 Å². The van der Waals surface area contributed by atoms with Crippen molar-refractivity contribution in [3.8, 4) is 5.75 Å². The number of carbonyl (C=O) groups excluding carboxylic acids is 1. The van der Waals surface area contributed by atoms with Gasteiger partial charge in [0.25, 0.3) is 0 Å². The Morgan fingerprint density at radius 2 is 2.08 bits per heavy atom. The fourth-order valence-corrected chi connectivity index (χ4v) is 2.87. The van der Waals surface area contributed by atoms with E-state index in [4.69, 9.17) is 4.74 Å². The molecule has 1 atom stereocenters. The molecule has 2 aromatic rings. The first-order chi connectivity index (χ1) is 11.9. The molecule has 0 saturated heterocycles. The highest BCUT2D eigenvalue weighted by Gasteiger charge is 2.10. The Balaban J connectivity index is 1.93. The van der Waals surface area contributed by atoms with E-state index in [-0.39, 0.29) is 11.9 Å². The van der Waals surface area contributed by atoms with E-state index in [1.807, 2.05) is 62.7 Å². The summed E-state index contributed by atoms with van der Waals surface area (Å²) in [5.74, 6) is 0.759. The first-order valence-corrected chi connectivity index (χ1v) is 8.49. The molecule has 0 bridgehead atoms. The molecule has 0 aliphatic heterocycles. The summed E-state index contributed by atoms with van der Waals surface area (Å²) >= 11 is 0. The van der Waals surface area contributed by atoms with Gasteiger partial charge in [-0.25, -0.2) is 0 Å². The number of hydrogen-bond donors (Lipinski definition) is 1. The standard InChI is InChI=1S/C20H27N3O2/c1-14(10-18-8-6-7-9-19(18)25-5)11-20(24)21-16(3)13-23-17(4)12-15(2)22-23/h6-9,11-12,16H,10,13H2,1-5H3,(H,21,24)/b14-11+/t16-/m1/s1. The van der Waals surface area contributed by atoms with Gasteiger partial charge in [-0.15, -0.1) is 0 Å². The lowest BCUT2D eigenvalue weighted by atomic mass is 10.0. The molecule has 25 heavy (non-hydrogen) atoms. The Morgan fingerprint density at radius 3 is 2.72 bits per heavy atom. The van der Waals surface area contributed by atoms with E-state index in [1.165, 1.54) is 0 Å². The monoisotopic (exact) mass is 341 g/mol. The van der Waals surface area contributed by atoms with Crippen LogP contribution in [0.3, 0.4) is 0 Å². The number of aromatic nitrogens is 2.